The molecule has 0 atom stereocenters. The molecule has 0 aliphatic carbocycles. The molecule has 2 heteroatoms. The van der Waals surface area contributed by atoms with Crippen molar-refractivity contribution in [3.8, 4) is 0 Å². The average molecular weight is 87.1 g/mol. The minimum Gasteiger partial charge on any atom is -0.0523 e. The van der Waals surface area contributed by atoms with Crippen LogP contribution in [0.25, 0.3) is 0 Å². The van der Waals surface area contributed by atoms with E-state index < -0.39 is 0 Å². The molecular weight excluding hydrogens is 82.1 g/mol. The highest BCUT2D eigenvalue weighted by molar-refractivity contribution is 8.12. The zero-order valence-corrected chi connectivity index (χ0v) is 3.66. The number of rotatable bonds is 0. The Kier molecular flexibility index (Phi) is 0.937. The monoisotopic (exact) mass is 87.0 g/mol. The van der Waals surface area contributed by atoms with Gasteiger partial charge in [-0.05, 0) is 0 Å². The van der Waals surface area contributed by atoms with Gasteiger partial charge in [0.2, 0.25) is 6.54 Å². The van der Waals surface area contributed by atoms with E-state index in [-0.39, 0.29) is 0 Å². The highest BCUT2D eigenvalue weighted by Gasteiger charge is 2.00. The van der Waals surface area contributed by atoms with Crippen molar-refractivity contribution in [2.45, 2.75) is 0 Å². The first kappa shape index (κ1) is 3.22. The van der Waals surface area contributed by atoms with Gasteiger partial charge in [-0.2, -0.15) is 0 Å². The van der Waals surface area contributed by atoms with Crippen molar-refractivity contribution in [3.63, 3.8) is 0 Å². The summed E-state index contributed by atoms with van der Waals surface area (Å²) in [5.41, 5.74) is 1.90. The lowest BCUT2D eigenvalue weighted by molar-refractivity contribution is 1.07. The normalized spacial score (nSPS) is 20.8. The third-order valence-corrected chi connectivity index (χ3v) is 1.20. The summed E-state index contributed by atoms with van der Waals surface area (Å²) in [6.07, 6.45) is 0. The quantitative estimate of drug-likeness (QED) is 0.408. The zero-order valence-electron chi connectivity index (χ0n) is 2.85. The summed E-state index contributed by atoms with van der Waals surface area (Å²) < 4.78 is 0. The molecule has 1 aliphatic heterocycles. The second-order valence-electron chi connectivity index (χ2n) is 0.882. The highest BCUT2D eigenvalue weighted by atomic mass is 32.2. The Bertz CT molecular complexity index is 44.9. The fourth-order valence-corrected chi connectivity index (χ4v) is 0.791. The predicted molar refractivity (Wildman–Crippen MR) is 25.5 cm³/mol. The van der Waals surface area contributed by atoms with E-state index in [0.717, 1.165) is 6.54 Å². The van der Waals surface area contributed by atoms with Crippen LogP contribution in [-0.4, -0.2) is 17.8 Å². The maximum absolute atomic E-state index is 3.92. The first-order valence-electron chi connectivity index (χ1n) is 1.60. The molecule has 1 radical (unpaired) electrons. The molecule has 1 aliphatic rings. The standard InChI is InChI=1S/C3H5NS/c1-2-5-3-4-1/h3H,1-2H2/q+1. The topological polar surface area (TPSA) is 14.1 Å². The van der Waals surface area contributed by atoms with Crippen LogP contribution in [0.2, 0.25) is 0 Å². The summed E-state index contributed by atoms with van der Waals surface area (Å²) in [4.78, 5) is 3.92. The lowest BCUT2D eigenvalue weighted by Crippen LogP contribution is -1.83. The van der Waals surface area contributed by atoms with Gasteiger partial charge in [-0.1, -0.05) is 11.8 Å². The first-order chi connectivity index (χ1) is 2.50. The van der Waals surface area contributed by atoms with Crippen molar-refractivity contribution >= 4 is 17.3 Å². The molecule has 27 valence electrons. The van der Waals surface area contributed by atoms with E-state index in [9.17, 15) is 0 Å². The Labute approximate surface area is 35.5 Å². The van der Waals surface area contributed by atoms with Crippen molar-refractivity contribution in [2.75, 3.05) is 12.3 Å². The van der Waals surface area contributed by atoms with Crippen LogP contribution in [0.15, 0.2) is 0 Å². The fraction of sp³-hybridized carbons (Fsp3) is 0.667. The van der Waals surface area contributed by atoms with Crippen LogP contribution in [0.4, 0.5) is 0 Å². The Morgan fingerprint density at radius 3 is 3.00 bits per heavy atom. The van der Waals surface area contributed by atoms with Crippen LogP contribution in [0.3, 0.4) is 0 Å². The van der Waals surface area contributed by atoms with Crippen LogP contribution >= 0.6 is 11.8 Å². The molecule has 0 N–H and O–H groups in total. The van der Waals surface area contributed by atoms with Crippen molar-refractivity contribution in [1.82, 2.24) is 4.99 Å². The van der Waals surface area contributed by atoms with E-state index in [0.29, 0.717) is 0 Å². The molecule has 0 aromatic heterocycles. The van der Waals surface area contributed by atoms with Gasteiger partial charge < -0.3 is 0 Å². The number of hydrogen-bond acceptors (Lipinski definition) is 2. The lowest BCUT2D eigenvalue weighted by atomic mass is 10.8. The largest absolute Gasteiger partial charge is 0.268 e. The smallest absolute Gasteiger partial charge is 0.0523 e. The van der Waals surface area contributed by atoms with Crippen molar-refractivity contribution in [2.24, 2.45) is 0 Å². The number of thioether (sulfide) groups is 1. The van der Waals surface area contributed by atoms with Gasteiger partial charge in [0.25, 0.3) is 5.55 Å². The molecule has 0 amide bonds. The summed E-state index contributed by atoms with van der Waals surface area (Å²) in [6.45, 7) is 1.03. The van der Waals surface area contributed by atoms with Crippen molar-refractivity contribution < 1.29 is 0 Å². The maximum Gasteiger partial charge on any atom is 0.268 e. The number of hydrogen-bond donors (Lipinski definition) is 0. The Morgan fingerprint density at radius 1 is 1.80 bits per heavy atom. The zero-order chi connectivity index (χ0) is 3.54. The number of aliphatic imine (C=N–C) groups is 1. The third-order valence-electron chi connectivity index (χ3n) is 0.487. The molecule has 0 aromatic carbocycles. The van der Waals surface area contributed by atoms with E-state index in [1.807, 2.05) is 5.55 Å². The van der Waals surface area contributed by atoms with Gasteiger partial charge in [0.15, 0.2) is 0 Å². The molecule has 0 aromatic rings. The van der Waals surface area contributed by atoms with Crippen LogP contribution < -0.4 is 4.99 Å². The molecule has 5 heavy (non-hydrogen) atoms. The Balaban J connectivity index is 2.32. The minimum absolute atomic E-state index is 1.03. The van der Waals surface area contributed by atoms with Crippen LogP contribution in [-0.2, 0) is 0 Å². The van der Waals surface area contributed by atoms with E-state index in [1.54, 1.807) is 11.8 Å². The average Bonchev–Trinajstić information content (AvgIpc) is 1.76. The molecular formula is C3H5NS+. The van der Waals surface area contributed by atoms with Crippen LogP contribution in [0, 0.1) is 0 Å². The molecule has 0 saturated heterocycles. The Morgan fingerprint density at radius 2 is 2.80 bits per heavy atom. The summed E-state index contributed by atoms with van der Waals surface area (Å²) >= 11 is 1.78. The van der Waals surface area contributed by atoms with Crippen molar-refractivity contribution in [3.05, 3.63) is 0 Å². The van der Waals surface area contributed by atoms with E-state index in [1.165, 1.54) is 5.75 Å². The molecule has 0 bridgehead atoms. The molecule has 0 unspecified atom stereocenters. The summed E-state index contributed by atoms with van der Waals surface area (Å²) in [6, 6.07) is 0. The maximum atomic E-state index is 3.92. The van der Waals surface area contributed by atoms with Gasteiger partial charge in [-0.25, -0.2) is 0 Å². The highest BCUT2D eigenvalue weighted by Crippen LogP contribution is 1.93. The molecule has 0 fully saturated rings. The van der Waals surface area contributed by atoms with Gasteiger partial charge in [0.1, 0.15) is 0 Å². The third kappa shape index (κ3) is 0.651. The van der Waals surface area contributed by atoms with Crippen molar-refractivity contribution in [1.29, 1.82) is 0 Å². The Hall–Kier alpha value is 0.0200. The predicted octanol–water partition coefficient (Wildman–Crippen LogP) is 0.0973. The van der Waals surface area contributed by atoms with Gasteiger partial charge in [0, 0.05) is 4.99 Å². The van der Waals surface area contributed by atoms with Gasteiger partial charge >= 0.3 is 0 Å². The lowest BCUT2D eigenvalue weighted by Gasteiger charge is -1.57. The molecule has 1 heterocycles. The van der Waals surface area contributed by atoms with Gasteiger partial charge in [0.05, 0.1) is 5.75 Å². The molecule has 1 nitrogen and oxygen atoms in total. The van der Waals surface area contributed by atoms with E-state index >= 15 is 0 Å². The molecule has 1 rings (SSSR count). The minimum atomic E-state index is 1.03. The summed E-state index contributed by atoms with van der Waals surface area (Å²) in [5.74, 6) is 1.19. The second-order valence-corrected chi connectivity index (χ2v) is 1.83. The first-order valence-corrected chi connectivity index (χ1v) is 2.65. The van der Waals surface area contributed by atoms with E-state index in [2.05, 4.69) is 4.99 Å². The van der Waals surface area contributed by atoms with Crippen LogP contribution in [0.5, 0.6) is 0 Å². The van der Waals surface area contributed by atoms with Gasteiger partial charge in [-0.3, -0.25) is 0 Å². The van der Waals surface area contributed by atoms with Crippen LogP contribution in [0.1, 0.15) is 0 Å². The summed E-state index contributed by atoms with van der Waals surface area (Å²) in [7, 11) is 0. The SMILES string of the molecule is C1=[N+]CCS1. The van der Waals surface area contributed by atoms with Gasteiger partial charge in [-0.15, -0.1) is 0 Å². The summed E-state index contributed by atoms with van der Waals surface area (Å²) in [5, 5.41) is 0. The second kappa shape index (κ2) is 1.45. The molecule has 0 spiro atoms. The molecule has 0 saturated carbocycles. The fourth-order valence-electron chi connectivity index (χ4n) is 0.264. The number of nitrogens with zero attached hydrogens (tertiary/aromatic N) is 1. The van der Waals surface area contributed by atoms with E-state index in [4.69, 9.17) is 0 Å².